The number of nitrogens with zero attached hydrogens (tertiary/aromatic N) is 3. The average molecular weight is 319 g/mol. The van der Waals surface area contributed by atoms with Gasteiger partial charge in [-0.05, 0) is 27.9 Å². The Labute approximate surface area is 129 Å². The van der Waals surface area contributed by atoms with E-state index in [1.54, 1.807) is 0 Å². The van der Waals surface area contributed by atoms with Crippen LogP contribution in [0.3, 0.4) is 0 Å². The Kier molecular flexibility index (Phi) is 6.62. The van der Waals surface area contributed by atoms with Crippen molar-refractivity contribution in [2.75, 3.05) is 52.3 Å². The third-order valence-corrected chi connectivity index (χ3v) is 4.89. The molecule has 0 aliphatic carbocycles. The Morgan fingerprint density at radius 3 is 2.14 bits per heavy atom. The molecular weight excluding hydrogens is 290 g/mol. The summed E-state index contributed by atoms with van der Waals surface area (Å²) in [5.41, 5.74) is 0. The third-order valence-electron chi connectivity index (χ3n) is 3.95. The summed E-state index contributed by atoms with van der Waals surface area (Å²) in [5.74, 6) is -0.110. The molecule has 1 fully saturated rings. The maximum absolute atomic E-state index is 12.1. The van der Waals surface area contributed by atoms with Crippen LogP contribution in [0.2, 0.25) is 0 Å². The number of amides is 1. The van der Waals surface area contributed by atoms with E-state index in [2.05, 4.69) is 37.7 Å². The van der Waals surface area contributed by atoms with Gasteiger partial charge in [0.1, 0.15) is 9.84 Å². The van der Waals surface area contributed by atoms with E-state index in [4.69, 9.17) is 0 Å². The molecule has 2 atom stereocenters. The molecule has 1 saturated heterocycles. The van der Waals surface area contributed by atoms with Crippen LogP contribution in [-0.2, 0) is 14.6 Å². The molecule has 1 aliphatic rings. The van der Waals surface area contributed by atoms with Crippen molar-refractivity contribution in [1.82, 2.24) is 14.7 Å². The Morgan fingerprint density at radius 1 is 1.19 bits per heavy atom. The Bertz CT molecular complexity index is 438. The van der Waals surface area contributed by atoms with Crippen molar-refractivity contribution in [2.45, 2.75) is 32.4 Å². The van der Waals surface area contributed by atoms with Crippen LogP contribution in [0.1, 0.15) is 20.3 Å². The lowest BCUT2D eigenvalue weighted by molar-refractivity contribution is -0.135. The normalized spacial score (nSPS) is 24.6. The van der Waals surface area contributed by atoms with Gasteiger partial charge in [0.25, 0.3) is 0 Å². The summed E-state index contributed by atoms with van der Waals surface area (Å²) in [5, 5.41) is 0. The SMILES string of the molecule is CC1CN(C(=O)CCS(C)(=O)=O)CC(C)N1CCN(C)C. The Balaban J connectivity index is 2.54. The smallest absolute Gasteiger partial charge is 0.223 e. The van der Waals surface area contributed by atoms with Crippen molar-refractivity contribution in [3.05, 3.63) is 0 Å². The fourth-order valence-corrected chi connectivity index (χ4v) is 3.29. The topological polar surface area (TPSA) is 60.9 Å². The maximum Gasteiger partial charge on any atom is 0.223 e. The number of rotatable bonds is 6. The van der Waals surface area contributed by atoms with Gasteiger partial charge in [-0.25, -0.2) is 8.42 Å². The second-order valence-electron chi connectivity index (χ2n) is 6.42. The zero-order chi connectivity index (χ0) is 16.2. The fraction of sp³-hybridized carbons (Fsp3) is 0.929. The molecule has 1 rings (SSSR count). The van der Waals surface area contributed by atoms with Crippen molar-refractivity contribution in [1.29, 1.82) is 0 Å². The molecule has 0 radical (unpaired) electrons. The van der Waals surface area contributed by atoms with Gasteiger partial charge in [-0.15, -0.1) is 0 Å². The molecule has 6 nitrogen and oxygen atoms in total. The number of carbonyl (C=O) groups excluding carboxylic acids is 1. The lowest BCUT2D eigenvalue weighted by atomic mass is 10.1. The predicted molar refractivity (Wildman–Crippen MR) is 85.1 cm³/mol. The first kappa shape index (κ1) is 18.4. The molecular formula is C14H29N3O3S. The summed E-state index contributed by atoms with van der Waals surface area (Å²) in [6.07, 6.45) is 1.26. The molecule has 0 saturated carbocycles. The van der Waals surface area contributed by atoms with Crippen molar-refractivity contribution in [3.63, 3.8) is 0 Å². The summed E-state index contributed by atoms with van der Waals surface area (Å²) in [6, 6.07) is 0.603. The number of piperazine rings is 1. The second-order valence-corrected chi connectivity index (χ2v) is 8.68. The van der Waals surface area contributed by atoms with Crippen molar-refractivity contribution >= 4 is 15.7 Å². The molecule has 21 heavy (non-hydrogen) atoms. The summed E-state index contributed by atoms with van der Waals surface area (Å²) < 4.78 is 22.3. The molecule has 0 aromatic rings. The average Bonchev–Trinajstić information content (AvgIpc) is 2.33. The van der Waals surface area contributed by atoms with Crippen LogP contribution in [0.4, 0.5) is 0 Å². The molecule has 124 valence electrons. The van der Waals surface area contributed by atoms with E-state index >= 15 is 0 Å². The van der Waals surface area contributed by atoms with Gasteiger partial charge >= 0.3 is 0 Å². The maximum atomic E-state index is 12.1. The summed E-state index contributed by atoms with van der Waals surface area (Å²) in [6.45, 7) is 7.60. The summed E-state index contributed by atoms with van der Waals surface area (Å²) >= 11 is 0. The molecule has 1 heterocycles. The zero-order valence-corrected chi connectivity index (χ0v) is 14.7. The lowest BCUT2D eigenvalue weighted by Crippen LogP contribution is -2.59. The molecule has 0 bridgehead atoms. The monoisotopic (exact) mass is 319 g/mol. The van der Waals surface area contributed by atoms with Gasteiger partial charge in [0, 0.05) is 50.9 Å². The highest BCUT2D eigenvalue weighted by Gasteiger charge is 2.31. The van der Waals surface area contributed by atoms with Crippen molar-refractivity contribution in [2.24, 2.45) is 0 Å². The van der Waals surface area contributed by atoms with E-state index in [1.165, 1.54) is 6.26 Å². The minimum Gasteiger partial charge on any atom is -0.340 e. The van der Waals surface area contributed by atoms with Crippen molar-refractivity contribution < 1.29 is 13.2 Å². The molecule has 0 aromatic carbocycles. The number of sulfone groups is 1. The molecule has 7 heteroatoms. The van der Waals surface area contributed by atoms with E-state index in [1.807, 2.05) is 4.90 Å². The van der Waals surface area contributed by atoms with E-state index < -0.39 is 9.84 Å². The number of carbonyl (C=O) groups is 1. The molecule has 0 N–H and O–H groups in total. The first-order valence-corrected chi connectivity index (χ1v) is 9.52. The Morgan fingerprint density at radius 2 is 1.71 bits per heavy atom. The highest BCUT2D eigenvalue weighted by molar-refractivity contribution is 7.90. The van der Waals surface area contributed by atoms with Crippen LogP contribution < -0.4 is 0 Å². The first-order chi connectivity index (χ1) is 9.60. The van der Waals surface area contributed by atoms with Gasteiger partial charge in [-0.3, -0.25) is 9.69 Å². The summed E-state index contributed by atoms with van der Waals surface area (Å²) in [7, 11) is 1.03. The van der Waals surface area contributed by atoms with E-state index in [-0.39, 0.29) is 18.1 Å². The van der Waals surface area contributed by atoms with Gasteiger partial charge in [0.15, 0.2) is 0 Å². The molecule has 0 spiro atoms. The van der Waals surface area contributed by atoms with Crippen LogP contribution in [0.5, 0.6) is 0 Å². The van der Waals surface area contributed by atoms with Crippen LogP contribution in [-0.4, -0.2) is 93.4 Å². The molecule has 0 aromatic heterocycles. The number of likely N-dealkylation sites (N-methyl/N-ethyl adjacent to an activating group) is 1. The van der Waals surface area contributed by atoms with Gasteiger partial charge in [0.05, 0.1) is 5.75 Å². The van der Waals surface area contributed by atoms with E-state index in [0.29, 0.717) is 25.2 Å². The first-order valence-electron chi connectivity index (χ1n) is 7.46. The van der Waals surface area contributed by atoms with Crippen LogP contribution in [0.15, 0.2) is 0 Å². The Hall–Kier alpha value is -0.660. The van der Waals surface area contributed by atoms with Crippen LogP contribution >= 0.6 is 0 Å². The van der Waals surface area contributed by atoms with E-state index in [9.17, 15) is 13.2 Å². The second kappa shape index (κ2) is 7.56. The highest BCUT2D eigenvalue weighted by Crippen LogP contribution is 2.16. The zero-order valence-electron chi connectivity index (χ0n) is 13.9. The molecule has 1 aliphatic heterocycles. The minimum absolute atomic E-state index is 0.0496. The van der Waals surface area contributed by atoms with Gasteiger partial charge in [0.2, 0.25) is 5.91 Å². The highest BCUT2D eigenvalue weighted by atomic mass is 32.2. The largest absolute Gasteiger partial charge is 0.340 e. The third kappa shape index (κ3) is 6.32. The van der Waals surface area contributed by atoms with Gasteiger partial charge in [-0.2, -0.15) is 0 Å². The molecule has 2 unspecified atom stereocenters. The lowest BCUT2D eigenvalue weighted by Gasteiger charge is -2.44. The number of hydrogen-bond acceptors (Lipinski definition) is 5. The quantitative estimate of drug-likeness (QED) is 0.684. The van der Waals surface area contributed by atoms with E-state index in [0.717, 1.165) is 13.1 Å². The standard InChI is InChI=1S/C14H29N3O3S/c1-12-10-16(14(18)6-9-21(5,19)20)11-13(2)17(12)8-7-15(3)4/h12-13H,6-11H2,1-5H3. The van der Waals surface area contributed by atoms with Crippen LogP contribution in [0, 0.1) is 0 Å². The van der Waals surface area contributed by atoms with Gasteiger partial charge < -0.3 is 9.80 Å². The number of hydrogen-bond donors (Lipinski definition) is 0. The van der Waals surface area contributed by atoms with Gasteiger partial charge in [-0.1, -0.05) is 0 Å². The van der Waals surface area contributed by atoms with Crippen LogP contribution in [0.25, 0.3) is 0 Å². The summed E-state index contributed by atoms with van der Waals surface area (Å²) in [4.78, 5) is 18.5. The predicted octanol–water partition coefficient (Wildman–Crippen LogP) is -0.0961. The fourth-order valence-electron chi connectivity index (χ4n) is 2.75. The molecule has 1 amide bonds. The van der Waals surface area contributed by atoms with Crippen molar-refractivity contribution in [3.8, 4) is 0 Å². The minimum atomic E-state index is -3.08.